The van der Waals surface area contributed by atoms with Crippen LogP contribution in [0.5, 0.6) is 0 Å². The first-order valence-electron chi connectivity index (χ1n) is 4.18. The van der Waals surface area contributed by atoms with Crippen molar-refractivity contribution < 1.29 is 14.8 Å². The van der Waals surface area contributed by atoms with Gasteiger partial charge in [-0.25, -0.2) is 4.79 Å². The summed E-state index contributed by atoms with van der Waals surface area (Å²) in [6, 6.07) is 4.48. The molecular weight excluding hydrogens is 280 g/mol. The zero-order valence-corrected chi connectivity index (χ0v) is 9.55. The van der Waals surface area contributed by atoms with Gasteiger partial charge in [0.05, 0.1) is 17.5 Å². The van der Waals surface area contributed by atoms with Gasteiger partial charge in [0.25, 0.3) is 0 Å². The van der Waals surface area contributed by atoms with Crippen molar-refractivity contribution in [1.82, 2.24) is 0 Å². The van der Waals surface area contributed by atoms with Crippen LogP contribution in [0.2, 0.25) is 0 Å². The molecule has 0 unspecified atom stereocenters. The number of carboxylic acid groups (broad SMARTS) is 1. The van der Waals surface area contributed by atoms with Crippen LogP contribution in [0, 0.1) is 10.1 Å². The highest BCUT2D eigenvalue weighted by atomic mass is 79.9. The second kappa shape index (κ2) is 5.36. The minimum Gasteiger partial charge on any atom is -0.478 e. The van der Waals surface area contributed by atoms with Crippen molar-refractivity contribution in [2.24, 2.45) is 4.99 Å². The van der Waals surface area contributed by atoms with Crippen molar-refractivity contribution in [3.8, 4) is 0 Å². The summed E-state index contributed by atoms with van der Waals surface area (Å²) in [5.41, 5.74) is 0.187. The first kappa shape index (κ1) is 12.3. The lowest BCUT2D eigenvalue weighted by molar-refractivity contribution is -0.462. The van der Waals surface area contributed by atoms with E-state index in [0.717, 1.165) is 6.21 Å². The van der Waals surface area contributed by atoms with Gasteiger partial charge < -0.3 is 5.11 Å². The Bertz CT molecular complexity index is 459. The van der Waals surface area contributed by atoms with Gasteiger partial charge >= 0.3 is 5.97 Å². The third kappa shape index (κ3) is 3.43. The Kier molecular flexibility index (Phi) is 4.12. The van der Waals surface area contributed by atoms with E-state index in [1.165, 1.54) is 12.1 Å². The number of rotatable bonds is 4. The maximum Gasteiger partial charge on any atom is 0.337 e. The fourth-order valence-electron chi connectivity index (χ4n) is 0.998. The van der Waals surface area contributed by atoms with Crippen LogP contribution in [0.1, 0.15) is 10.4 Å². The van der Waals surface area contributed by atoms with Crippen molar-refractivity contribution in [2.45, 2.75) is 0 Å². The number of halogens is 1. The molecule has 0 atom stereocenters. The maximum absolute atomic E-state index is 10.8. The third-order valence-corrected chi connectivity index (χ3v) is 2.14. The lowest BCUT2D eigenvalue weighted by Gasteiger charge is -2.00. The van der Waals surface area contributed by atoms with E-state index >= 15 is 0 Å². The molecular formula is C9H7BrN2O4. The number of hydrogen-bond acceptors (Lipinski definition) is 4. The number of benzene rings is 1. The number of nitrogens with zero attached hydrogens (tertiary/aromatic N) is 2. The highest BCUT2D eigenvalue weighted by Gasteiger charge is 2.09. The number of aliphatic imine (C=N–C) groups is 1. The monoisotopic (exact) mass is 286 g/mol. The summed E-state index contributed by atoms with van der Waals surface area (Å²) in [5, 5.41) is 18.9. The molecule has 1 N–H and O–H groups in total. The number of carbonyl (C=O) groups is 1. The second-order valence-corrected chi connectivity index (χ2v) is 3.71. The quantitative estimate of drug-likeness (QED) is 0.521. The maximum atomic E-state index is 10.8. The van der Waals surface area contributed by atoms with E-state index in [1.54, 1.807) is 6.07 Å². The van der Waals surface area contributed by atoms with Gasteiger partial charge in [-0.1, -0.05) is 15.9 Å². The molecule has 0 radical (unpaired) electrons. The van der Waals surface area contributed by atoms with E-state index in [1.807, 2.05) is 0 Å². The minimum atomic E-state index is -1.13. The fraction of sp³-hybridized carbons (Fsp3) is 0.111. The Balaban J connectivity index is 2.99. The Morgan fingerprint density at radius 1 is 1.62 bits per heavy atom. The molecule has 0 amide bonds. The lowest BCUT2D eigenvalue weighted by atomic mass is 10.2. The van der Waals surface area contributed by atoms with Crippen LogP contribution in [0.3, 0.4) is 0 Å². The van der Waals surface area contributed by atoms with Crippen molar-refractivity contribution in [2.75, 3.05) is 6.54 Å². The third-order valence-electron chi connectivity index (χ3n) is 1.65. The van der Waals surface area contributed by atoms with Crippen LogP contribution in [0.4, 0.5) is 5.69 Å². The molecule has 0 heterocycles. The fourth-order valence-corrected chi connectivity index (χ4v) is 1.36. The van der Waals surface area contributed by atoms with Crippen molar-refractivity contribution in [3.63, 3.8) is 0 Å². The Hall–Kier alpha value is -1.76. The van der Waals surface area contributed by atoms with Crippen molar-refractivity contribution in [1.29, 1.82) is 0 Å². The molecule has 0 spiro atoms. The van der Waals surface area contributed by atoms with Gasteiger partial charge in [0, 0.05) is 9.40 Å². The molecule has 0 aliphatic carbocycles. The molecule has 0 saturated heterocycles. The van der Waals surface area contributed by atoms with Gasteiger partial charge in [-0.15, -0.1) is 0 Å². The SMILES string of the molecule is O=C(O)c1cc(Br)ccc1N=CC[N+](=O)[O-]. The molecule has 0 bridgehead atoms. The van der Waals surface area contributed by atoms with Gasteiger partial charge in [-0.3, -0.25) is 15.1 Å². The number of nitro groups is 1. The van der Waals surface area contributed by atoms with E-state index in [9.17, 15) is 14.9 Å². The summed E-state index contributed by atoms with van der Waals surface area (Å²) in [6.45, 7) is -0.435. The minimum absolute atomic E-state index is 0.00558. The Morgan fingerprint density at radius 2 is 2.31 bits per heavy atom. The van der Waals surface area contributed by atoms with Crippen molar-refractivity contribution in [3.05, 3.63) is 38.3 Å². The average Bonchev–Trinajstić information content (AvgIpc) is 2.19. The van der Waals surface area contributed by atoms with Gasteiger partial charge in [0.1, 0.15) is 0 Å². The molecule has 6 nitrogen and oxygen atoms in total. The summed E-state index contributed by atoms with van der Waals surface area (Å²) in [7, 11) is 0. The summed E-state index contributed by atoms with van der Waals surface area (Å²) in [6.07, 6.45) is 1.07. The van der Waals surface area contributed by atoms with E-state index in [0.29, 0.717) is 4.47 Å². The highest BCUT2D eigenvalue weighted by Crippen LogP contribution is 2.23. The zero-order valence-electron chi connectivity index (χ0n) is 7.96. The molecule has 16 heavy (non-hydrogen) atoms. The molecule has 1 rings (SSSR count). The van der Waals surface area contributed by atoms with Gasteiger partial charge in [-0.2, -0.15) is 0 Å². The zero-order chi connectivity index (χ0) is 12.1. The van der Waals surface area contributed by atoms with E-state index < -0.39 is 17.4 Å². The predicted molar refractivity (Wildman–Crippen MR) is 61.1 cm³/mol. The van der Waals surface area contributed by atoms with E-state index in [2.05, 4.69) is 20.9 Å². The molecule has 0 fully saturated rings. The molecule has 1 aromatic rings. The molecule has 84 valence electrons. The molecule has 0 saturated carbocycles. The molecule has 0 aromatic heterocycles. The van der Waals surface area contributed by atoms with Crippen LogP contribution in [0.25, 0.3) is 0 Å². The molecule has 0 aliphatic rings. The molecule has 0 aliphatic heterocycles. The van der Waals surface area contributed by atoms with Crippen LogP contribution >= 0.6 is 15.9 Å². The van der Waals surface area contributed by atoms with Crippen LogP contribution in [0.15, 0.2) is 27.7 Å². The normalized spacial score (nSPS) is 10.6. The average molecular weight is 287 g/mol. The first-order chi connectivity index (χ1) is 7.50. The van der Waals surface area contributed by atoms with E-state index in [-0.39, 0.29) is 11.3 Å². The summed E-state index contributed by atoms with van der Waals surface area (Å²) in [4.78, 5) is 24.1. The Morgan fingerprint density at radius 3 is 2.88 bits per heavy atom. The number of aromatic carboxylic acids is 1. The standard InChI is InChI=1S/C9H7BrN2O4/c10-6-1-2-8(7(5-6)9(13)14)11-3-4-12(15)16/h1-3,5H,4H2,(H,13,14). The largest absolute Gasteiger partial charge is 0.478 e. The van der Waals surface area contributed by atoms with Crippen molar-refractivity contribution >= 4 is 33.8 Å². The lowest BCUT2D eigenvalue weighted by Crippen LogP contribution is -2.01. The summed E-state index contributed by atoms with van der Waals surface area (Å²) in [5.74, 6) is -1.13. The number of carboxylic acids is 1. The summed E-state index contributed by atoms with van der Waals surface area (Å²) >= 11 is 3.13. The second-order valence-electron chi connectivity index (χ2n) is 2.79. The van der Waals surface area contributed by atoms with Crippen LogP contribution < -0.4 is 0 Å². The summed E-state index contributed by atoms with van der Waals surface area (Å²) < 4.78 is 0.609. The number of hydrogen-bond donors (Lipinski definition) is 1. The van der Waals surface area contributed by atoms with Gasteiger partial charge in [0.15, 0.2) is 0 Å². The molecule has 7 heteroatoms. The first-order valence-corrected chi connectivity index (χ1v) is 4.97. The van der Waals surface area contributed by atoms with E-state index in [4.69, 9.17) is 5.11 Å². The highest BCUT2D eigenvalue weighted by molar-refractivity contribution is 9.10. The van der Waals surface area contributed by atoms with Gasteiger partial charge in [0.2, 0.25) is 6.54 Å². The van der Waals surface area contributed by atoms with Crippen LogP contribution in [-0.4, -0.2) is 28.8 Å². The molecule has 1 aromatic carbocycles. The smallest absolute Gasteiger partial charge is 0.337 e. The predicted octanol–water partition coefficient (Wildman–Crippen LogP) is 2.13. The topological polar surface area (TPSA) is 92.8 Å². The Labute approximate surface area is 98.9 Å². The van der Waals surface area contributed by atoms with Gasteiger partial charge in [-0.05, 0) is 18.2 Å². The van der Waals surface area contributed by atoms with Crippen LogP contribution in [-0.2, 0) is 0 Å².